The molecule has 0 atom stereocenters. The van der Waals surface area contributed by atoms with E-state index in [0.29, 0.717) is 23.1 Å². The van der Waals surface area contributed by atoms with Gasteiger partial charge < -0.3 is 9.30 Å². The van der Waals surface area contributed by atoms with Gasteiger partial charge in [-0.05, 0) is 75.2 Å². The summed E-state index contributed by atoms with van der Waals surface area (Å²) in [5.41, 5.74) is 1.87. The van der Waals surface area contributed by atoms with Crippen LogP contribution in [0.2, 0.25) is 0 Å². The largest absolute Gasteiger partial charge is 0.459 e. The van der Waals surface area contributed by atoms with E-state index in [4.69, 9.17) is 9.72 Å². The van der Waals surface area contributed by atoms with E-state index in [1.54, 1.807) is 18.2 Å². The third-order valence-electron chi connectivity index (χ3n) is 5.85. The highest BCUT2D eigenvalue weighted by molar-refractivity contribution is 7.92. The van der Waals surface area contributed by atoms with E-state index < -0.39 is 21.4 Å². The minimum Gasteiger partial charge on any atom is -0.459 e. The summed E-state index contributed by atoms with van der Waals surface area (Å²) in [7, 11) is -4.03. The molecule has 4 rings (SSSR count). The average Bonchev–Trinajstić information content (AvgIpc) is 3.18. The van der Waals surface area contributed by atoms with Crippen molar-refractivity contribution in [3.05, 3.63) is 90.0 Å². The molecule has 0 N–H and O–H groups in total. The van der Waals surface area contributed by atoms with Crippen molar-refractivity contribution in [1.82, 2.24) is 9.55 Å². The predicted molar refractivity (Wildman–Crippen MR) is 146 cm³/mol. The summed E-state index contributed by atoms with van der Waals surface area (Å²) >= 11 is 0. The molecule has 0 unspecified atom stereocenters. The molecular formula is C29H32FN3O4S. The van der Waals surface area contributed by atoms with Crippen LogP contribution in [0.15, 0.2) is 77.7 Å². The van der Waals surface area contributed by atoms with E-state index >= 15 is 0 Å². The number of esters is 1. The summed E-state index contributed by atoms with van der Waals surface area (Å²) in [5.74, 6) is -0.164. The van der Waals surface area contributed by atoms with Gasteiger partial charge in [-0.1, -0.05) is 37.3 Å². The van der Waals surface area contributed by atoms with Crippen LogP contribution in [-0.2, 0) is 39.1 Å². The van der Waals surface area contributed by atoms with Gasteiger partial charge in [0.1, 0.15) is 23.8 Å². The zero-order valence-corrected chi connectivity index (χ0v) is 22.8. The fourth-order valence-corrected chi connectivity index (χ4v) is 5.66. The molecule has 200 valence electrons. The summed E-state index contributed by atoms with van der Waals surface area (Å²) in [5, 5.41) is 0. The van der Waals surface area contributed by atoms with E-state index in [1.165, 1.54) is 16.4 Å². The Balaban J connectivity index is 1.79. The Morgan fingerprint density at radius 1 is 1.03 bits per heavy atom. The van der Waals surface area contributed by atoms with Crippen LogP contribution in [0.1, 0.15) is 45.5 Å². The Morgan fingerprint density at radius 3 is 2.34 bits per heavy atom. The average molecular weight is 538 g/mol. The summed E-state index contributed by atoms with van der Waals surface area (Å²) in [6, 6.07) is 19.2. The van der Waals surface area contributed by atoms with Crippen molar-refractivity contribution in [3.8, 4) is 0 Å². The Bertz CT molecular complexity index is 1530. The van der Waals surface area contributed by atoms with Crippen LogP contribution in [-0.4, -0.2) is 29.5 Å². The number of hydrogen-bond acceptors (Lipinski definition) is 5. The molecule has 0 saturated heterocycles. The van der Waals surface area contributed by atoms with Crippen LogP contribution < -0.4 is 4.31 Å². The van der Waals surface area contributed by atoms with Gasteiger partial charge in [0.25, 0.3) is 10.0 Å². The van der Waals surface area contributed by atoms with Gasteiger partial charge in [-0.3, -0.25) is 9.10 Å². The normalized spacial score (nSPS) is 12.0. The molecule has 0 aliphatic heterocycles. The number of aryl methyl sites for hydroxylation is 1. The van der Waals surface area contributed by atoms with Gasteiger partial charge in [0.2, 0.25) is 0 Å². The van der Waals surface area contributed by atoms with Gasteiger partial charge in [0, 0.05) is 6.42 Å². The van der Waals surface area contributed by atoms with Crippen LogP contribution in [0, 0.1) is 5.82 Å². The molecule has 0 bridgehead atoms. The smallest absolute Gasteiger partial charge is 0.326 e. The van der Waals surface area contributed by atoms with Crippen LogP contribution >= 0.6 is 0 Å². The lowest BCUT2D eigenvalue weighted by molar-refractivity contribution is -0.155. The van der Waals surface area contributed by atoms with Gasteiger partial charge in [0.05, 0.1) is 28.2 Å². The summed E-state index contributed by atoms with van der Waals surface area (Å²) < 4.78 is 49.7. The van der Waals surface area contributed by atoms with Crippen molar-refractivity contribution in [2.75, 3.05) is 4.31 Å². The number of anilines is 1. The van der Waals surface area contributed by atoms with Crippen LogP contribution in [0.5, 0.6) is 0 Å². The van der Waals surface area contributed by atoms with E-state index in [9.17, 15) is 17.6 Å². The molecule has 7 nitrogen and oxygen atoms in total. The van der Waals surface area contributed by atoms with E-state index in [-0.39, 0.29) is 24.0 Å². The van der Waals surface area contributed by atoms with Crippen molar-refractivity contribution in [2.45, 2.75) is 64.1 Å². The Kier molecular flexibility index (Phi) is 7.87. The molecule has 0 amide bonds. The summed E-state index contributed by atoms with van der Waals surface area (Å²) in [4.78, 5) is 17.4. The van der Waals surface area contributed by atoms with Crippen molar-refractivity contribution in [1.29, 1.82) is 0 Å². The minimum atomic E-state index is -4.03. The third-order valence-corrected chi connectivity index (χ3v) is 7.64. The van der Waals surface area contributed by atoms with Gasteiger partial charge in [-0.2, -0.15) is 0 Å². The van der Waals surface area contributed by atoms with Gasteiger partial charge in [-0.25, -0.2) is 17.8 Å². The highest BCUT2D eigenvalue weighted by atomic mass is 32.2. The lowest BCUT2D eigenvalue weighted by Gasteiger charge is -2.25. The number of carbonyl (C=O) groups excluding carboxylic acids is 1. The Hall–Kier alpha value is -3.72. The fourth-order valence-electron chi connectivity index (χ4n) is 4.22. The van der Waals surface area contributed by atoms with Crippen molar-refractivity contribution in [2.24, 2.45) is 0 Å². The maximum atomic E-state index is 13.8. The number of nitrogens with zero attached hydrogens (tertiary/aromatic N) is 3. The van der Waals surface area contributed by atoms with Crippen molar-refractivity contribution < 1.29 is 22.3 Å². The topological polar surface area (TPSA) is 81.5 Å². The number of rotatable bonds is 9. The molecule has 0 aliphatic rings. The maximum absolute atomic E-state index is 13.8. The second kappa shape index (κ2) is 10.9. The molecule has 1 aromatic heterocycles. The van der Waals surface area contributed by atoms with Crippen LogP contribution in [0.3, 0.4) is 0 Å². The molecule has 1 heterocycles. The highest BCUT2D eigenvalue weighted by Crippen LogP contribution is 2.30. The van der Waals surface area contributed by atoms with Gasteiger partial charge in [0.15, 0.2) is 0 Å². The molecule has 0 spiro atoms. The van der Waals surface area contributed by atoms with Crippen LogP contribution in [0.4, 0.5) is 10.1 Å². The first-order valence-electron chi connectivity index (χ1n) is 12.5. The molecular weight excluding hydrogens is 505 g/mol. The van der Waals surface area contributed by atoms with Gasteiger partial charge in [-0.15, -0.1) is 0 Å². The number of fused-ring (bicyclic) bond motifs is 1. The molecule has 4 aromatic rings. The SMILES string of the molecule is CCCc1nc2cc(N(Cc3ccccc3)S(=O)(=O)c3ccc(F)cc3)ccc2n1CC(=O)OC(C)(C)C. The summed E-state index contributed by atoms with van der Waals surface area (Å²) in [6.07, 6.45) is 1.47. The predicted octanol–water partition coefficient (Wildman–Crippen LogP) is 5.87. The lowest BCUT2D eigenvalue weighted by Crippen LogP contribution is -2.30. The number of halogens is 1. The minimum absolute atomic E-state index is 0.00403. The second-order valence-electron chi connectivity index (χ2n) is 10.1. The molecule has 0 aliphatic carbocycles. The zero-order chi connectivity index (χ0) is 27.5. The maximum Gasteiger partial charge on any atom is 0.326 e. The molecule has 0 saturated carbocycles. The van der Waals surface area contributed by atoms with Crippen molar-refractivity contribution in [3.63, 3.8) is 0 Å². The third kappa shape index (κ3) is 6.22. The van der Waals surface area contributed by atoms with E-state index in [0.717, 1.165) is 29.9 Å². The van der Waals surface area contributed by atoms with E-state index in [2.05, 4.69) is 0 Å². The molecule has 0 radical (unpaired) electrons. The zero-order valence-electron chi connectivity index (χ0n) is 22.0. The molecule has 0 fully saturated rings. The summed E-state index contributed by atoms with van der Waals surface area (Å²) in [6.45, 7) is 7.56. The number of carbonyl (C=O) groups is 1. The first kappa shape index (κ1) is 27.3. The molecule has 3 aromatic carbocycles. The number of aromatic nitrogens is 2. The second-order valence-corrected chi connectivity index (χ2v) is 11.9. The lowest BCUT2D eigenvalue weighted by atomic mass is 10.2. The number of ether oxygens (including phenoxy) is 1. The van der Waals surface area contributed by atoms with Crippen molar-refractivity contribution >= 4 is 32.7 Å². The van der Waals surface area contributed by atoms with Crippen LogP contribution in [0.25, 0.3) is 11.0 Å². The standard InChI is InChI=1S/C29H32FN3O4S/c1-5-9-27-31-25-18-23(14-17-26(25)32(27)20-28(34)37-29(2,3)4)33(19-21-10-7-6-8-11-21)38(35,36)24-15-12-22(30)13-16-24/h6-8,10-18H,5,9,19-20H2,1-4H3. The first-order chi connectivity index (χ1) is 18.0. The fraction of sp³-hybridized carbons (Fsp3) is 0.310. The number of benzene rings is 3. The van der Waals surface area contributed by atoms with Gasteiger partial charge >= 0.3 is 5.97 Å². The Labute approximate surface area is 222 Å². The molecule has 38 heavy (non-hydrogen) atoms. The number of hydrogen-bond donors (Lipinski definition) is 0. The van der Waals surface area contributed by atoms with E-state index in [1.807, 2.05) is 62.6 Å². The first-order valence-corrected chi connectivity index (χ1v) is 13.9. The highest BCUT2D eigenvalue weighted by Gasteiger charge is 2.27. The monoisotopic (exact) mass is 537 g/mol. The number of sulfonamides is 1. The Morgan fingerprint density at radius 2 is 1.71 bits per heavy atom. The number of imidazole rings is 1. The quantitative estimate of drug-likeness (QED) is 0.250. The molecule has 9 heteroatoms.